The van der Waals surface area contributed by atoms with Gasteiger partial charge in [0, 0.05) is 0 Å². The monoisotopic (exact) mass is 374 g/mol. The van der Waals surface area contributed by atoms with Crippen LogP contribution in [0.3, 0.4) is 0 Å². The summed E-state index contributed by atoms with van der Waals surface area (Å²) in [6.07, 6.45) is 2.56. The Labute approximate surface area is 126 Å². The molecule has 2 rings (SSSR count). The number of halogens is 5. The maximum atomic E-state index is 9.75. The van der Waals surface area contributed by atoms with E-state index in [2.05, 4.69) is 30.1 Å². The number of benzene rings is 1. The van der Waals surface area contributed by atoms with Crippen molar-refractivity contribution < 1.29 is 17.3 Å². The molecular formula is C13H16BClF4Se. The normalized spacial score (nSPS) is 21.8. The van der Waals surface area contributed by atoms with Crippen molar-refractivity contribution in [2.45, 2.75) is 29.3 Å². The van der Waals surface area contributed by atoms with Crippen LogP contribution in [-0.4, -0.2) is 21.2 Å². The minimum absolute atomic E-state index is 0.347. The fraction of sp³-hybridized carbons (Fsp3) is 0.385. The van der Waals surface area contributed by atoms with Gasteiger partial charge in [0.25, 0.3) is 0 Å². The van der Waals surface area contributed by atoms with Gasteiger partial charge in [-0.2, -0.15) is 0 Å². The van der Waals surface area contributed by atoms with Crippen molar-refractivity contribution in [3.63, 3.8) is 0 Å². The maximum absolute atomic E-state index is 9.75. The molecule has 1 aromatic carbocycles. The molecule has 0 radical (unpaired) electrons. The van der Waals surface area contributed by atoms with Crippen molar-refractivity contribution in [2.24, 2.45) is 0 Å². The smallest absolute Gasteiger partial charge is 0.418 e. The van der Waals surface area contributed by atoms with Crippen LogP contribution in [-0.2, 0) is 0 Å². The second-order valence-electron chi connectivity index (χ2n) is 4.51. The van der Waals surface area contributed by atoms with E-state index in [9.17, 15) is 17.3 Å². The summed E-state index contributed by atoms with van der Waals surface area (Å²) in [6, 6.07) is 10.4. The predicted molar refractivity (Wildman–Crippen MR) is 79.9 cm³/mol. The van der Waals surface area contributed by atoms with Gasteiger partial charge in [0.05, 0.1) is 0 Å². The van der Waals surface area contributed by atoms with Gasteiger partial charge in [0.2, 0.25) is 0 Å². The van der Waals surface area contributed by atoms with E-state index >= 15 is 0 Å². The molecule has 0 nitrogen and oxygen atoms in total. The van der Waals surface area contributed by atoms with Crippen LogP contribution in [0, 0.1) is 0 Å². The van der Waals surface area contributed by atoms with Crippen molar-refractivity contribution in [2.75, 3.05) is 0 Å². The van der Waals surface area contributed by atoms with Crippen LogP contribution >= 0.6 is 11.6 Å². The Morgan fingerprint density at radius 3 is 2.20 bits per heavy atom. The van der Waals surface area contributed by atoms with Gasteiger partial charge >= 0.3 is 109 Å². The van der Waals surface area contributed by atoms with Crippen molar-refractivity contribution >= 4 is 37.8 Å². The minimum Gasteiger partial charge on any atom is -0.418 e. The molecule has 1 atom stereocenters. The zero-order valence-corrected chi connectivity index (χ0v) is 13.6. The molecule has 0 aromatic heterocycles. The molecule has 1 aliphatic rings. The van der Waals surface area contributed by atoms with E-state index in [0.717, 1.165) is 5.03 Å². The molecule has 0 aliphatic carbocycles. The van der Waals surface area contributed by atoms with E-state index in [4.69, 9.17) is 11.6 Å². The summed E-state index contributed by atoms with van der Waals surface area (Å²) in [7, 11) is -6.00. The van der Waals surface area contributed by atoms with Crippen LogP contribution < -0.4 is 0 Å². The molecule has 0 amide bonds. The van der Waals surface area contributed by atoms with Crippen molar-refractivity contribution in [1.82, 2.24) is 0 Å². The summed E-state index contributed by atoms with van der Waals surface area (Å²) in [4.78, 5) is 0. The zero-order chi connectivity index (χ0) is 15.2. The summed E-state index contributed by atoms with van der Waals surface area (Å²) in [5.74, 6) is 2.44. The molecular weight excluding hydrogens is 357 g/mol. The van der Waals surface area contributed by atoms with Gasteiger partial charge in [-0.15, -0.1) is 0 Å². The largest absolute Gasteiger partial charge is 0.673 e. The summed E-state index contributed by atoms with van der Waals surface area (Å²) < 4.78 is 39.0. The third kappa shape index (κ3) is 7.37. The van der Waals surface area contributed by atoms with E-state index in [-0.39, 0.29) is 13.9 Å². The van der Waals surface area contributed by atoms with Crippen molar-refractivity contribution in [3.05, 3.63) is 41.5 Å². The standard InChI is InChI=1S/C13H16ClSe.BF4/c1-15-9-5-8-12(10-15)13(14)11-6-3-2-4-7-11;2-1(3,4)5/h2-4,6-7H,5,8-10H2,1H3;/q+1;-1/b13-12+;. The molecule has 1 fully saturated rings. The van der Waals surface area contributed by atoms with Gasteiger partial charge in [-0.1, -0.05) is 0 Å². The van der Waals surface area contributed by atoms with Gasteiger partial charge in [-0.05, 0) is 0 Å². The average Bonchev–Trinajstić information content (AvgIpc) is 2.37. The molecule has 0 saturated carbocycles. The van der Waals surface area contributed by atoms with Gasteiger partial charge in [0.1, 0.15) is 0 Å². The molecule has 1 aliphatic heterocycles. The van der Waals surface area contributed by atoms with E-state index in [1.807, 2.05) is 6.07 Å². The fourth-order valence-electron chi connectivity index (χ4n) is 1.94. The minimum atomic E-state index is -6.00. The first-order chi connectivity index (χ1) is 9.27. The van der Waals surface area contributed by atoms with Gasteiger partial charge in [-0.25, -0.2) is 0 Å². The van der Waals surface area contributed by atoms with Gasteiger partial charge < -0.3 is 17.3 Å². The first kappa shape index (κ1) is 17.6. The Bertz CT molecular complexity index is 441. The summed E-state index contributed by atoms with van der Waals surface area (Å²) in [5.41, 5.74) is 2.69. The van der Waals surface area contributed by atoms with E-state index in [1.54, 1.807) is 0 Å². The Balaban J connectivity index is 0.000000347. The molecule has 20 heavy (non-hydrogen) atoms. The number of rotatable bonds is 1. The molecule has 7 heteroatoms. The molecule has 0 spiro atoms. The molecule has 112 valence electrons. The first-order valence-electron chi connectivity index (χ1n) is 6.17. The van der Waals surface area contributed by atoms with Crippen molar-refractivity contribution in [1.29, 1.82) is 0 Å². The Morgan fingerprint density at radius 1 is 1.15 bits per heavy atom. The number of allylic oxidation sites excluding steroid dienone is 1. The first-order valence-corrected chi connectivity index (χ1v) is 10.7. The maximum Gasteiger partial charge on any atom is 0.673 e. The summed E-state index contributed by atoms with van der Waals surface area (Å²) in [5, 5.41) is 3.79. The molecule has 1 unspecified atom stereocenters. The van der Waals surface area contributed by atoms with Crippen LogP contribution in [0.5, 0.6) is 0 Å². The SMILES string of the molecule is C[Se+]1CCC/C(=C(\Cl)c2ccccc2)C1.F[B-](F)(F)F. The van der Waals surface area contributed by atoms with E-state index in [1.165, 1.54) is 34.6 Å². The quantitative estimate of drug-likeness (QED) is 0.427. The van der Waals surface area contributed by atoms with Crippen LogP contribution in [0.25, 0.3) is 5.03 Å². The summed E-state index contributed by atoms with van der Waals surface area (Å²) in [6.45, 7) is 0. The number of hydrogen-bond donors (Lipinski definition) is 0. The van der Waals surface area contributed by atoms with Gasteiger partial charge in [0.15, 0.2) is 0 Å². The van der Waals surface area contributed by atoms with Crippen LogP contribution in [0.15, 0.2) is 35.9 Å². The van der Waals surface area contributed by atoms with Crippen LogP contribution in [0.4, 0.5) is 17.3 Å². The van der Waals surface area contributed by atoms with E-state index < -0.39 is 7.25 Å². The predicted octanol–water partition coefficient (Wildman–Crippen LogP) is 5.85. The molecule has 0 N–H and O–H groups in total. The topological polar surface area (TPSA) is 0 Å². The molecule has 1 saturated heterocycles. The Morgan fingerprint density at radius 2 is 1.70 bits per heavy atom. The van der Waals surface area contributed by atoms with E-state index in [0.29, 0.717) is 0 Å². The van der Waals surface area contributed by atoms with Crippen LogP contribution in [0.2, 0.25) is 16.5 Å². The Hall–Kier alpha value is -0.446. The average molecular weight is 373 g/mol. The third-order valence-electron chi connectivity index (χ3n) is 2.73. The van der Waals surface area contributed by atoms with Gasteiger partial charge in [-0.3, -0.25) is 0 Å². The molecule has 1 aromatic rings. The number of hydrogen-bond acceptors (Lipinski definition) is 0. The second-order valence-corrected chi connectivity index (χ2v) is 9.63. The molecule has 1 heterocycles. The van der Waals surface area contributed by atoms with Crippen molar-refractivity contribution in [3.8, 4) is 0 Å². The zero-order valence-electron chi connectivity index (χ0n) is 11.1. The Kier molecular flexibility index (Phi) is 7.14. The molecule has 0 bridgehead atoms. The third-order valence-corrected chi connectivity index (χ3v) is 7.05. The fourth-order valence-corrected chi connectivity index (χ4v) is 5.90. The summed E-state index contributed by atoms with van der Waals surface area (Å²) >= 11 is 6.10. The van der Waals surface area contributed by atoms with Crippen LogP contribution in [0.1, 0.15) is 18.4 Å². The second kappa shape index (κ2) is 8.11.